The van der Waals surface area contributed by atoms with Crippen molar-refractivity contribution in [2.45, 2.75) is 20.1 Å². The van der Waals surface area contributed by atoms with Crippen molar-refractivity contribution in [3.05, 3.63) is 102 Å². The number of carbonyl (C=O) groups excluding carboxylic acids is 1. The van der Waals surface area contributed by atoms with E-state index in [1.165, 1.54) is 6.07 Å². The number of fused-ring (bicyclic) bond motifs is 1. The quantitative estimate of drug-likeness (QED) is 0.268. The van der Waals surface area contributed by atoms with Gasteiger partial charge in [-0.2, -0.15) is 0 Å². The zero-order valence-corrected chi connectivity index (χ0v) is 19.8. The highest BCUT2D eigenvalue weighted by molar-refractivity contribution is 5.94. The molecule has 0 aliphatic carbocycles. The summed E-state index contributed by atoms with van der Waals surface area (Å²) in [5.74, 6) is 0.629. The number of nitrogens with one attached hydrogen (secondary N) is 1. The summed E-state index contributed by atoms with van der Waals surface area (Å²) in [6.45, 7) is 4.01. The Balaban J connectivity index is 1.37. The van der Waals surface area contributed by atoms with Crippen LogP contribution in [0.4, 0.5) is 5.69 Å². The molecule has 0 saturated carbocycles. The number of oxazole rings is 1. The first kappa shape index (κ1) is 23.0. The molecule has 0 unspecified atom stereocenters. The minimum Gasteiger partial charge on any atom is -0.507 e. The molecule has 0 spiro atoms. The van der Waals surface area contributed by atoms with E-state index >= 15 is 0 Å². The van der Waals surface area contributed by atoms with E-state index in [-0.39, 0.29) is 5.75 Å². The summed E-state index contributed by atoms with van der Waals surface area (Å²) in [4.78, 5) is 17.6. The zero-order valence-electron chi connectivity index (χ0n) is 19.8. The first-order chi connectivity index (χ1) is 17.5. The van der Waals surface area contributed by atoms with Gasteiger partial charge in [0.25, 0.3) is 0 Å². The Morgan fingerprint density at radius 2 is 1.47 bits per heavy atom. The maximum absolute atomic E-state index is 13.1. The molecule has 7 heteroatoms. The van der Waals surface area contributed by atoms with E-state index in [1.54, 1.807) is 60.7 Å². The maximum atomic E-state index is 13.1. The molecule has 1 aromatic heterocycles. The summed E-state index contributed by atoms with van der Waals surface area (Å²) in [6.07, 6.45) is -1.26. The third-order valence-electron chi connectivity index (χ3n) is 5.69. The molecule has 1 heterocycles. The van der Waals surface area contributed by atoms with Gasteiger partial charge < -0.3 is 24.3 Å². The normalized spacial score (nSPS) is 11.0. The number of benzene rings is 4. The van der Waals surface area contributed by atoms with Crippen LogP contribution < -0.4 is 14.8 Å². The molecule has 4 aromatic carbocycles. The van der Waals surface area contributed by atoms with Crippen LogP contribution in [0, 0.1) is 13.8 Å². The van der Waals surface area contributed by atoms with Crippen LogP contribution in [-0.2, 0) is 4.79 Å². The van der Waals surface area contributed by atoms with Crippen molar-refractivity contribution in [3.8, 4) is 28.7 Å². The Morgan fingerprint density at radius 1 is 0.861 bits per heavy atom. The number of aromatic nitrogens is 1. The maximum Gasteiger partial charge on any atom is 0.321 e. The van der Waals surface area contributed by atoms with Gasteiger partial charge in [-0.3, -0.25) is 4.79 Å². The van der Waals surface area contributed by atoms with Crippen molar-refractivity contribution in [1.29, 1.82) is 0 Å². The van der Waals surface area contributed by atoms with Crippen molar-refractivity contribution in [2.24, 2.45) is 0 Å². The number of amides is 1. The number of phenolic OH excluding ortho intramolecular Hbond substituents is 1. The van der Waals surface area contributed by atoms with Crippen molar-refractivity contribution in [1.82, 2.24) is 4.98 Å². The molecule has 36 heavy (non-hydrogen) atoms. The summed E-state index contributed by atoms with van der Waals surface area (Å²) in [5, 5.41) is 13.4. The molecular formula is C29H24N2O5. The van der Waals surface area contributed by atoms with Gasteiger partial charge in [0.1, 0.15) is 22.8 Å². The van der Waals surface area contributed by atoms with Gasteiger partial charge >= 0.3 is 12.2 Å². The highest BCUT2D eigenvalue weighted by Crippen LogP contribution is 2.34. The first-order valence-corrected chi connectivity index (χ1v) is 11.4. The fraction of sp³-hybridized carbons (Fsp3) is 0.103. The number of aryl methyl sites for hydroxylation is 2. The van der Waals surface area contributed by atoms with Crippen LogP contribution in [-0.4, -0.2) is 22.3 Å². The fourth-order valence-corrected chi connectivity index (χ4v) is 3.66. The second-order valence-electron chi connectivity index (χ2n) is 8.34. The van der Waals surface area contributed by atoms with Crippen LogP contribution in [0.15, 0.2) is 95.4 Å². The number of nitrogens with zero attached hydrogens (tertiary/aromatic N) is 1. The number of carbonyl (C=O) groups is 1. The lowest BCUT2D eigenvalue weighted by Gasteiger charge is -2.20. The number of hydrogen-bond acceptors (Lipinski definition) is 6. The Kier molecular flexibility index (Phi) is 6.28. The number of rotatable bonds is 7. The van der Waals surface area contributed by atoms with Crippen LogP contribution in [0.25, 0.3) is 22.6 Å². The van der Waals surface area contributed by atoms with Crippen LogP contribution in [0.1, 0.15) is 11.1 Å². The number of para-hydroxylation sites is 2. The standard InChI is InChI=1S/C29H24N2O5/c1-18-15-24-26(16-19(18)2)36-28(31-24)23-14-13-20(17-25(23)32)30-27(33)29(34-21-9-5-3-6-10-21)35-22-11-7-4-8-12-22/h3-17,29,32H,1-2H3,(H,30,33). The van der Waals surface area contributed by atoms with Crippen LogP contribution >= 0.6 is 0 Å². The average molecular weight is 481 g/mol. The molecule has 1 amide bonds. The van der Waals surface area contributed by atoms with Gasteiger partial charge in [0.05, 0.1) is 5.56 Å². The van der Waals surface area contributed by atoms with Gasteiger partial charge in [-0.25, -0.2) is 4.98 Å². The topological polar surface area (TPSA) is 93.8 Å². The highest BCUT2D eigenvalue weighted by Gasteiger charge is 2.24. The summed E-state index contributed by atoms with van der Waals surface area (Å²) >= 11 is 0. The van der Waals surface area contributed by atoms with E-state index in [2.05, 4.69) is 10.3 Å². The van der Waals surface area contributed by atoms with Gasteiger partial charge in [0.15, 0.2) is 5.58 Å². The highest BCUT2D eigenvalue weighted by atomic mass is 16.7. The molecule has 7 nitrogen and oxygen atoms in total. The molecule has 0 bridgehead atoms. The largest absolute Gasteiger partial charge is 0.507 e. The van der Waals surface area contributed by atoms with E-state index in [1.807, 2.05) is 38.1 Å². The summed E-state index contributed by atoms with van der Waals surface area (Å²) < 4.78 is 17.5. The molecule has 0 atom stereocenters. The Morgan fingerprint density at radius 3 is 2.08 bits per heavy atom. The number of anilines is 1. The van der Waals surface area contributed by atoms with Gasteiger partial charge in [-0.15, -0.1) is 0 Å². The Hall–Kier alpha value is -4.78. The molecule has 180 valence electrons. The van der Waals surface area contributed by atoms with Gasteiger partial charge in [0.2, 0.25) is 5.89 Å². The fourth-order valence-electron chi connectivity index (χ4n) is 3.66. The number of phenols is 1. The third kappa shape index (κ3) is 5.00. The lowest BCUT2D eigenvalue weighted by atomic mass is 10.1. The monoisotopic (exact) mass is 480 g/mol. The molecule has 0 radical (unpaired) electrons. The molecular weight excluding hydrogens is 456 g/mol. The molecule has 0 aliphatic rings. The van der Waals surface area contributed by atoms with Crippen molar-refractivity contribution in [2.75, 3.05) is 5.32 Å². The van der Waals surface area contributed by atoms with Crippen molar-refractivity contribution >= 4 is 22.7 Å². The van der Waals surface area contributed by atoms with E-state index in [0.29, 0.717) is 39.7 Å². The second kappa shape index (κ2) is 9.84. The molecule has 0 fully saturated rings. The predicted octanol–water partition coefficient (Wildman–Crippen LogP) is 6.24. The van der Waals surface area contributed by atoms with Crippen molar-refractivity contribution in [3.63, 3.8) is 0 Å². The average Bonchev–Trinajstić information content (AvgIpc) is 3.27. The summed E-state index contributed by atoms with van der Waals surface area (Å²) in [5.41, 5.74) is 4.33. The molecule has 5 aromatic rings. The second-order valence-corrected chi connectivity index (χ2v) is 8.34. The SMILES string of the molecule is Cc1cc2nc(-c3ccc(NC(=O)C(Oc4ccccc4)Oc4ccccc4)cc3O)oc2cc1C. The van der Waals surface area contributed by atoms with Crippen LogP contribution in [0.5, 0.6) is 17.2 Å². The summed E-state index contributed by atoms with van der Waals surface area (Å²) in [7, 11) is 0. The minimum atomic E-state index is -1.26. The van der Waals surface area contributed by atoms with E-state index in [4.69, 9.17) is 13.9 Å². The van der Waals surface area contributed by atoms with E-state index in [0.717, 1.165) is 11.1 Å². The van der Waals surface area contributed by atoms with Gasteiger partial charge in [-0.1, -0.05) is 36.4 Å². The molecule has 0 aliphatic heterocycles. The smallest absolute Gasteiger partial charge is 0.321 e. The number of ether oxygens (including phenoxy) is 2. The first-order valence-electron chi connectivity index (χ1n) is 11.4. The minimum absolute atomic E-state index is 0.0858. The lowest BCUT2D eigenvalue weighted by Crippen LogP contribution is -2.38. The van der Waals surface area contributed by atoms with E-state index < -0.39 is 12.2 Å². The lowest BCUT2D eigenvalue weighted by molar-refractivity contribution is -0.134. The van der Waals surface area contributed by atoms with Crippen molar-refractivity contribution < 1.29 is 23.8 Å². The van der Waals surface area contributed by atoms with Crippen LogP contribution in [0.3, 0.4) is 0 Å². The Bertz CT molecular complexity index is 1430. The third-order valence-corrected chi connectivity index (χ3v) is 5.69. The molecule has 0 saturated heterocycles. The van der Waals surface area contributed by atoms with Gasteiger partial charge in [-0.05, 0) is 73.5 Å². The zero-order chi connectivity index (χ0) is 25.1. The molecule has 2 N–H and O–H groups in total. The van der Waals surface area contributed by atoms with Crippen LogP contribution in [0.2, 0.25) is 0 Å². The Labute approximate surface area is 207 Å². The molecule has 5 rings (SSSR count). The van der Waals surface area contributed by atoms with E-state index in [9.17, 15) is 9.90 Å². The number of hydrogen-bond donors (Lipinski definition) is 2. The summed E-state index contributed by atoms with van der Waals surface area (Å²) in [6, 6.07) is 26.4. The number of aromatic hydroxyl groups is 1. The predicted molar refractivity (Wildman–Crippen MR) is 137 cm³/mol. The van der Waals surface area contributed by atoms with Gasteiger partial charge in [0, 0.05) is 11.8 Å².